The number of anilines is 1. The van der Waals surface area contributed by atoms with Crippen LogP contribution in [-0.2, 0) is 6.54 Å². The third kappa shape index (κ3) is 4.84. The fourth-order valence-corrected chi connectivity index (χ4v) is 6.44. The summed E-state index contributed by atoms with van der Waals surface area (Å²) in [6.07, 6.45) is 11.2. The summed E-state index contributed by atoms with van der Waals surface area (Å²) < 4.78 is 3.56. The van der Waals surface area contributed by atoms with E-state index in [1.165, 1.54) is 48.6 Å². The zero-order valence-corrected chi connectivity index (χ0v) is 21.1. The van der Waals surface area contributed by atoms with Gasteiger partial charge >= 0.3 is 0 Å². The number of thioether (sulfide) groups is 1. The summed E-state index contributed by atoms with van der Waals surface area (Å²) >= 11 is 3.57. The number of nitrogens with zero attached hydrogens (tertiary/aromatic N) is 4. The lowest BCUT2D eigenvalue weighted by Gasteiger charge is -2.18. The fraction of sp³-hybridized carbons (Fsp3) is 0.179. The second kappa shape index (κ2) is 10.6. The van der Waals surface area contributed by atoms with Crippen molar-refractivity contribution >= 4 is 57.2 Å². The van der Waals surface area contributed by atoms with Crippen molar-refractivity contribution in [1.29, 1.82) is 10.5 Å². The van der Waals surface area contributed by atoms with Gasteiger partial charge in [0.15, 0.2) is 0 Å². The first-order chi connectivity index (χ1) is 16.6. The summed E-state index contributed by atoms with van der Waals surface area (Å²) in [6, 6.07) is 16.8. The molecule has 0 radical (unpaired) electrons. The summed E-state index contributed by atoms with van der Waals surface area (Å²) in [7, 11) is 0. The van der Waals surface area contributed by atoms with E-state index in [1.807, 2.05) is 12.2 Å². The molecule has 0 unspecified atom stereocenters. The van der Waals surface area contributed by atoms with Crippen molar-refractivity contribution in [1.82, 2.24) is 0 Å². The summed E-state index contributed by atoms with van der Waals surface area (Å²) in [4.78, 5) is 3.56. The quantitative estimate of drug-likeness (QED) is 0.277. The van der Waals surface area contributed by atoms with Gasteiger partial charge in [-0.1, -0.05) is 35.2 Å². The Balaban J connectivity index is 1.67. The number of hydrogen-bond donors (Lipinski definition) is 0. The number of aryl methyl sites for hydroxylation is 1. The molecule has 6 heteroatoms. The largest absolute Gasteiger partial charge is 0.335 e. The van der Waals surface area contributed by atoms with Crippen molar-refractivity contribution in [3.63, 3.8) is 0 Å². The smallest absolute Gasteiger partial charge is 0.262 e. The molecule has 0 amide bonds. The average molecular weight is 482 g/mol. The maximum Gasteiger partial charge on any atom is 0.262 e. The SMILES string of the molecule is CCN1C(=CC(C)=Cc2sc3ccc(C=CC#N)cc3[n+]2CC)Sc2ccc(C=CC#N)cc21. The lowest BCUT2D eigenvalue weighted by molar-refractivity contribution is -0.665. The predicted molar refractivity (Wildman–Crippen MR) is 144 cm³/mol. The lowest BCUT2D eigenvalue weighted by atomic mass is 10.1. The van der Waals surface area contributed by atoms with Crippen LogP contribution in [0.4, 0.5) is 5.69 Å². The van der Waals surface area contributed by atoms with Gasteiger partial charge in [0.1, 0.15) is 11.2 Å². The van der Waals surface area contributed by atoms with Crippen LogP contribution in [0.1, 0.15) is 36.9 Å². The summed E-state index contributed by atoms with van der Waals surface area (Å²) in [6.45, 7) is 8.23. The molecule has 2 aromatic carbocycles. The van der Waals surface area contributed by atoms with Crippen LogP contribution in [0.2, 0.25) is 0 Å². The summed E-state index contributed by atoms with van der Waals surface area (Å²) in [5, 5.41) is 20.1. The first-order valence-corrected chi connectivity index (χ1v) is 12.8. The molecule has 0 saturated heterocycles. The van der Waals surface area contributed by atoms with E-state index in [2.05, 4.69) is 90.9 Å². The number of nitriles is 2. The minimum atomic E-state index is 0.876. The average Bonchev–Trinajstić information content (AvgIpc) is 3.36. The molecule has 0 bridgehead atoms. The predicted octanol–water partition coefficient (Wildman–Crippen LogP) is 7.16. The molecule has 1 aliphatic heterocycles. The van der Waals surface area contributed by atoms with Crippen molar-refractivity contribution in [2.75, 3.05) is 11.4 Å². The highest BCUT2D eigenvalue weighted by atomic mass is 32.2. The van der Waals surface area contributed by atoms with Crippen molar-refractivity contribution < 1.29 is 4.57 Å². The normalized spacial score (nSPS) is 14.9. The molecule has 0 atom stereocenters. The van der Waals surface area contributed by atoms with E-state index in [0.29, 0.717) is 0 Å². The second-order valence-corrected chi connectivity index (χ2v) is 9.91. The molecule has 3 aromatic rings. The zero-order chi connectivity index (χ0) is 24.1. The maximum absolute atomic E-state index is 8.83. The van der Waals surface area contributed by atoms with Gasteiger partial charge in [-0.05, 0) is 73.9 Å². The molecule has 0 saturated carbocycles. The Labute approximate surface area is 209 Å². The Kier molecular flexibility index (Phi) is 7.33. The Morgan fingerprint density at radius 2 is 1.74 bits per heavy atom. The Hall–Kier alpha value is -3.58. The van der Waals surface area contributed by atoms with Crippen molar-refractivity contribution in [2.45, 2.75) is 32.2 Å². The highest BCUT2D eigenvalue weighted by Gasteiger charge is 2.24. The highest BCUT2D eigenvalue weighted by Crippen LogP contribution is 2.46. The van der Waals surface area contributed by atoms with Gasteiger partial charge in [0.2, 0.25) is 5.52 Å². The number of thiazole rings is 1. The molecule has 0 spiro atoms. The highest BCUT2D eigenvalue weighted by molar-refractivity contribution is 8.03. The van der Waals surface area contributed by atoms with E-state index in [4.69, 9.17) is 10.5 Å². The van der Waals surface area contributed by atoms with Crippen LogP contribution < -0.4 is 9.47 Å². The van der Waals surface area contributed by atoms with E-state index in [0.717, 1.165) is 24.2 Å². The molecule has 2 heterocycles. The third-order valence-corrected chi connectivity index (χ3v) is 7.77. The minimum Gasteiger partial charge on any atom is -0.335 e. The molecule has 34 heavy (non-hydrogen) atoms. The molecule has 4 nitrogen and oxygen atoms in total. The maximum atomic E-state index is 8.83. The van der Waals surface area contributed by atoms with E-state index >= 15 is 0 Å². The van der Waals surface area contributed by atoms with Gasteiger partial charge in [-0.15, -0.1) is 0 Å². The lowest BCUT2D eigenvalue weighted by Crippen LogP contribution is -2.33. The van der Waals surface area contributed by atoms with Crippen LogP contribution >= 0.6 is 23.1 Å². The van der Waals surface area contributed by atoms with E-state index in [-0.39, 0.29) is 0 Å². The minimum absolute atomic E-state index is 0.876. The van der Waals surface area contributed by atoms with Crippen LogP contribution in [0.3, 0.4) is 0 Å². The van der Waals surface area contributed by atoms with Gasteiger partial charge in [-0.3, -0.25) is 0 Å². The Morgan fingerprint density at radius 3 is 2.41 bits per heavy atom. The Bertz CT molecular complexity index is 1440. The number of aromatic nitrogens is 1. The molecule has 1 aromatic heterocycles. The first-order valence-electron chi connectivity index (χ1n) is 11.2. The molecule has 4 rings (SSSR count). The molecule has 1 aliphatic rings. The van der Waals surface area contributed by atoms with Gasteiger partial charge < -0.3 is 4.90 Å². The molecular weight excluding hydrogens is 456 g/mol. The number of hydrogen-bond acceptors (Lipinski definition) is 5. The van der Waals surface area contributed by atoms with Crippen LogP contribution in [0.15, 0.2) is 70.1 Å². The van der Waals surface area contributed by atoms with Crippen LogP contribution in [0.5, 0.6) is 0 Å². The number of benzene rings is 2. The first kappa shape index (κ1) is 23.6. The van der Waals surface area contributed by atoms with Gasteiger partial charge in [0, 0.05) is 35.7 Å². The van der Waals surface area contributed by atoms with Gasteiger partial charge in [-0.25, -0.2) is 0 Å². The third-order valence-electron chi connectivity index (χ3n) is 5.54. The topological polar surface area (TPSA) is 54.7 Å². The molecule has 0 aliphatic carbocycles. The second-order valence-electron chi connectivity index (χ2n) is 7.78. The van der Waals surface area contributed by atoms with Crippen molar-refractivity contribution in [2.24, 2.45) is 0 Å². The Morgan fingerprint density at radius 1 is 1.03 bits per heavy atom. The van der Waals surface area contributed by atoms with Crippen LogP contribution in [0.25, 0.3) is 28.4 Å². The number of allylic oxidation sites excluding steroid dienone is 4. The van der Waals surface area contributed by atoms with Gasteiger partial charge in [0.05, 0.1) is 22.9 Å². The van der Waals surface area contributed by atoms with Crippen molar-refractivity contribution in [3.8, 4) is 12.1 Å². The standard InChI is InChI=1S/C28H25N4S2/c1-4-31-23-18-21(8-6-14-29)10-12-25(23)33-27(31)16-20(3)17-28-32(5-2)24-19-22(9-7-15-30)11-13-26(24)34-28/h6-13,16-19H,4-5H2,1-3H3/q+1. The van der Waals surface area contributed by atoms with Crippen LogP contribution in [-0.4, -0.2) is 6.54 Å². The summed E-state index contributed by atoms with van der Waals surface area (Å²) in [5.74, 6) is 0. The molecular formula is C28H25N4S2+. The molecule has 0 fully saturated rings. The number of fused-ring (bicyclic) bond motifs is 2. The molecule has 168 valence electrons. The van der Waals surface area contributed by atoms with E-state index in [1.54, 1.807) is 23.1 Å². The van der Waals surface area contributed by atoms with E-state index in [9.17, 15) is 0 Å². The number of rotatable bonds is 6. The summed E-state index contributed by atoms with van der Waals surface area (Å²) in [5.41, 5.74) is 5.64. The van der Waals surface area contributed by atoms with Crippen molar-refractivity contribution in [3.05, 3.63) is 81.4 Å². The zero-order valence-electron chi connectivity index (χ0n) is 19.4. The van der Waals surface area contributed by atoms with E-state index < -0.39 is 0 Å². The van der Waals surface area contributed by atoms with Crippen LogP contribution in [0, 0.1) is 22.7 Å². The molecule has 0 N–H and O–H groups in total. The fourth-order valence-electron chi connectivity index (χ4n) is 4.01. The monoisotopic (exact) mass is 481 g/mol. The van der Waals surface area contributed by atoms with Gasteiger partial charge in [0.25, 0.3) is 5.01 Å². The van der Waals surface area contributed by atoms with Gasteiger partial charge in [-0.2, -0.15) is 15.1 Å².